The minimum absolute atomic E-state index is 0.851. The maximum Gasteiger partial charge on any atom is 0.0232 e. The summed E-state index contributed by atoms with van der Waals surface area (Å²) in [7, 11) is 2.23. The van der Waals surface area contributed by atoms with Crippen LogP contribution in [0.5, 0.6) is 0 Å². The monoisotopic (exact) mass is 126 g/mol. The Labute approximate surface area is 56.2 Å². The molecule has 0 aromatic rings. The Morgan fingerprint density at radius 2 is 2.44 bits per heavy atom. The van der Waals surface area contributed by atoms with Crippen LogP contribution >= 0.6 is 0 Å². The first-order valence-corrected chi connectivity index (χ1v) is 3.80. The van der Waals surface area contributed by atoms with Gasteiger partial charge in [0.15, 0.2) is 0 Å². The van der Waals surface area contributed by atoms with Gasteiger partial charge in [0.05, 0.1) is 0 Å². The van der Waals surface area contributed by atoms with E-state index in [0.29, 0.717) is 0 Å². The molecule has 9 heavy (non-hydrogen) atoms. The van der Waals surface area contributed by atoms with E-state index in [1.165, 1.54) is 25.9 Å². The number of nitrogens with zero attached hydrogens (tertiary/aromatic N) is 1. The van der Waals surface area contributed by atoms with Crippen molar-refractivity contribution in [2.75, 3.05) is 20.1 Å². The minimum atomic E-state index is 0.851. The molecule has 2 rings (SSSR count). The van der Waals surface area contributed by atoms with Crippen LogP contribution < -0.4 is 5.32 Å². The number of rotatable bonds is 0. The van der Waals surface area contributed by atoms with Crippen LogP contribution in [0.15, 0.2) is 0 Å². The first-order valence-electron chi connectivity index (χ1n) is 3.80. The third-order valence-electron chi connectivity index (χ3n) is 2.65. The molecule has 0 spiro atoms. The van der Waals surface area contributed by atoms with Crippen LogP contribution in [0.25, 0.3) is 0 Å². The molecule has 2 aliphatic heterocycles. The van der Waals surface area contributed by atoms with Gasteiger partial charge in [0.25, 0.3) is 0 Å². The van der Waals surface area contributed by atoms with Crippen molar-refractivity contribution in [2.45, 2.75) is 24.9 Å². The lowest BCUT2D eigenvalue weighted by molar-refractivity contribution is 0.218. The summed E-state index contributed by atoms with van der Waals surface area (Å²) in [5, 5.41) is 3.51. The standard InChI is InChI=1S/C7H14N2/c1-9-3-2-6-4-7(9)5-8-6/h6-8H,2-5H2,1H3. The first-order chi connectivity index (χ1) is 4.36. The van der Waals surface area contributed by atoms with E-state index in [1.807, 2.05) is 0 Å². The molecule has 2 nitrogen and oxygen atoms in total. The van der Waals surface area contributed by atoms with Crippen molar-refractivity contribution < 1.29 is 0 Å². The number of fused-ring (bicyclic) bond motifs is 2. The lowest BCUT2D eigenvalue weighted by atomic mass is 10.0. The Morgan fingerprint density at radius 3 is 3.22 bits per heavy atom. The summed E-state index contributed by atoms with van der Waals surface area (Å²) in [6.07, 6.45) is 2.74. The Morgan fingerprint density at radius 1 is 1.56 bits per heavy atom. The van der Waals surface area contributed by atoms with E-state index >= 15 is 0 Å². The molecule has 1 N–H and O–H groups in total. The zero-order chi connectivity index (χ0) is 6.27. The second-order valence-electron chi connectivity index (χ2n) is 3.26. The summed E-state index contributed by atoms with van der Waals surface area (Å²) < 4.78 is 0. The van der Waals surface area contributed by atoms with E-state index in [2.05, 4.69) is 17.3 Å². The fourth-order valence-corrected chi connectivity index (χ4v) is 1.90. The summed E-state index contributed by atoms with van der Waals surface area (Å²) in [5.41, 5.74) is 0. The second-order valence-corrected chi connectivity index (χ2v) is 3.26. The fourth-order valence-electron chi connectivity index (χ4n) is 1.90. The second kappa shape index (κ2) is 1.96. The summed E-state index contributed by atoms with van der Waals surface area (Å²) in [4.78, 5) is 2.47. The van der Waals surface area contributed by atoms with Crippen molar-refractivity contribution in [2.24, 2.45) is 0 Å². The molecule has 2 heteroatoms. The number of likely N-dealkylation sites (tertiary alicyclic amines) is 1. The molecule has 2 fully saturated rings. The average molecular weight is 126 g/mol. The highest BCUT2D eigenvalue weighted by Crippen LogP contribution is 2.20. The minimum Gasteiger partial charge on any atom is -0.312 e. The van der Waals surface area contributed by atoms with Crippen molar-refractivity contribution >= 4 is 0 Å². The quantitative estimate of drug-likeness (QED) is 0.493. The molecule has 52 valence electrons. The van der Waals surface area contributed by atoms with Gasteiger partial charge in [-0.05, 0) is 26.4 Å². The number of piperidine rings is 1. The van der Waals surface area contributed by atoms with Crippen LogP contribution in [-0.4, -0.2) is 37.1 Å². The van der Waals surface area contributed by atoms with Gasteiger partial charge in [-0.25, -0.2) is 0 Å². The molecule has 0 aromatic carbocycles. The Hall–Kier alpha value is -0.0800. The largest absolute Gasteiger partial charge is 0.312 e. The van der Waals surface area contributed by atoms with E-state index in [0.717, 1.165) is 12.1 Å². The molecule has 0 aliphatic carbocycles. The lowest BCUT2D eigenvalue weighted by Crippen LogP contribution is -2.37. The van der Waals surface area contributed by atoms with Crippen molar-refractivity contribution in [3.63, 3.8) is 0 Å². The van der Waals surface area contributed by atoms with Crippen LogP contribution in [-0.2, 0) is 0 Å². The first kappa shape index (κ1) is 5.69. The number of likely N-dealkylation sites (N-methyl/N-ethyl adjacent to an activating group) is 1. The van der Waals surface area contributed by atoms with Gasteiger partial charge >= 0.3 is 0 Å². The lowest BCUT2D eigenvalue weighted by Gasteiger charge is -2.28. The third kappa shape index (κ3) is 0.864. The van der Waals surface area contributed by atoms with Crippen LogP contribution in [0.2, 0.25) is 0 Å². The summed E-state index contributed by atoms with van der Waals surface area (Å²) in [5.74, 6) is 0. The fraction of sp³-hybridized carbons (Fsp3) is 1.00. The van der Waals surface area contributed by atoms with Crippen molar-refractivity contribution in [1.29, 1.82) is 0 Å². The molecule has 2 atom stereocenters. The highest BCUT2D eigenvalue weighted by Gasteiger charge is 2.31. The summed E-state index contributed by atoms with van der Waals surface area (Å²) >= 11 is 0. The van der Waals surface area contributed by atoms with Gasteiger partial charge in [0.2, 0.25) is 0 Å². The highest BCUT2D eigenvalue weighted by atomic mass is 15.2. The zero-order valence-corrected chi connectivity index (χ0v) is 5.93. The molecule has 2 aliphatic rings. The van der Waals surface area contributed by atoms with Crippen LogP contribution in [0.3, 0.4) is 0 Å². The molecule has 0 aromatic heterocycles. The van der Waals surface area contributed by atoms with E-state index in [4.69, 9.17) is 0 Å². The maximum atomic E-state index is 3.51. The summed E-state index contributed by atoms with van der Waals surface area (Å²) in [6.45, 7) is 2.52. The van der Waals surface area contributed by atoms with E-state index in [-0.39, 0.29) is 0 Å². The maximum absolute atomic E-state index is 3.51. The van der Waals surface area contributed by atoms with Gasteiger partial charge < -0.3 is 10.2 Å². The Bertz CT molecular complexity index is 113. The van der Waals surface area contributed by atoms with Crippen LogP contribution in [0.4, 0.5) is 0 Å². The predicted molar refractivity (Wildman–Crippen MR) is 37.4 cm³/mol. The molecule has 0 radical (unpaired) electrons. The molecule has 2 bridgehead atoms. The van der Waals surface area contributed by atoms with Crippen molar-refractivity contribution in [3.8, 4) is 0 Å². The number of hydrogen-bond donors (Lipinski definition) is 1. The van der Waals surface area contributed by atoms with Gasteiger partial charge in [-0.3, -0.25) is 0 Å². The third-order valence-corrected chi connectivity index (χ3v) is 2.65. The van der Waals surface area contributed by atoms with Gasteiger partial charge in [-0.2, -0.15) is 0 Å². The van der Waals surface area contributed by atoms with E-state index in [9.17, 15) is 0 Å². The van der Waals surface area contributed by atoms with Crippen LogP contribution in [0.1, 0.15) is 12.8 Å². The zero-order valence-electron chi connectivity index (χ0n) is 5.93. The molecule has 2 unspecified atom stereocenters. The van der Waals surface area contributed by atoms with Gasteiger partial charge in [-0.1, -0.05) is 0 Å². The number of nitrogens with one attached hydrogen (secondary N) is 1. The van der Waals surface area contributed by atoms with E-state index in [1.54, 1.807) is 0 Å². The smallest absolute Gasteiger partial charge is 0.0232 e. The average Bonchev–Trinajstić information content (AvgIpc) is 2.25. The predicted octanol–water partition coefficient (Wildman–Crippen LogP) is 0.0524. The topological polar surface area (TPSA) is 15.3 Å². The van der Waals surface area contributed by atoms with Gasteiger partial charge in [0.1, 0.15) is 0 Å². The van der Waals surface area contributed by atoms with E-state index < -0.39 is 0 Å². The summed E-state index contributed by atoms with van der Waals surface area (Å²) in [6, 6.07) is 1.70. The number of hydrogen-bond acceptors (Lipinski definition) is 2. The molecule has 2 heterocycles. The van der Waals surface area contributed by atoms with Gasteiger partial charge in [0, 0.05) is 18.6 Å². The van der Waals surface area contributed by atoms with Crippen molar-refractivity contribution in [3.05, 3.63) is 0 Å². The molecule has 0 amide bonds. The molecular formula is C7H14N2. The Balaban J connectivity index is 2.05. The SMILES string of the molecule is CN1CCC2CC1CN2. The highest BCUT2D eigenvalue weighted by molar-refractivity contribution is 4.91. The molecule has 2 saturated heterocycles. The normalized spacial score (nSPS) is 43.7. The Kier molecular flexibility index (Phi) is 1.24. The van der Waals surface area contributed by atoms with Crippen molar-refractivity contribution in [1.82, 2.24) is 10.2 Å². The van der Waals surface area contributed by atoms with Crippen LogP contribution in [0, 0.1) is 0 Å². The molecular weight excluding hydrogens is 112 g/mol. The molecule has 0 saturated carbocycles. The van der Waals surface area contributed by atoms with Gasteiger partial charge in [-0.15, -0.1) is 0 Å².